The molecular formula is C14H17N3O2S2. The summed E-state index contributed by atoms with van der Waals surface area (Å²) in [7, 11) is 0. The van der Waals surface area contributed by atoms with E-state index in [9.17, 15) is 10.1 Å². The van der Waals surface area contributed by atoms with Gasteiger partial charge in [-0.05, 0) is 31.2 Å². The first-order valence-corrected chi connectivity index (χ1v) is 8.73. The lowest BCUT2D eigenvalue weighted by atomic mass is 9.96. The zero-order chi connectivity index (χ0) is 14.7. The lowest BCUT2D eigenvalue weighted by molar-refractivity contribution is 0.0776. The van der Waals surface area contributed by atoms with Crippen molar-refractivity contribution in [2.24, 2.45) is 0 Å². The van der Waals surface area contributed by atoms with Crippen molar-refractivity contribution in [3.05, 3.63) is 16.0 Å². The molecule has 5 nitrogen and oxygen atoms in total. The van der Waals surface area contributed by atoms with E-state index in [0.29, 0.717) is 18.8 Å². The fourth-order valence-electron chi connectivity index (χ4n) is 2.64. The summed E-state index contributed by atoms with van der Waals surface area (Å²) in [5.41, 5.74) is 1.83. The third-order valence-corrected chi connectivity index (χ3v) is 5.78. The second kappa shape index (κ2) is 6.79. The molecule has 0 atom stereocenters. The Morgan fingerprint density at radius 2 is 2.10 bits per heavy atom. The zero-order valence-corrected chi connectivity index (χ0v) is 13.3. The SMILES string of the molecule is N#Cc1c(NC(=O)SN2CCOCC2)sc2c1CCCC2. The van der Waals surface area contributed by atoms with E-state index in [1.807, 2.05) is 4.31 Å². The minimum absolute atomic E-state index is 0.119. The molecule has 0 bridgehead atoms. The fourth-order valence-corrected chi connectivity index (χ4v) is 4.66. The van der Waals surface area contributed by atoms with Crippen LogP contribution in [-0.2, 0) is 17.6 Å². The largest absolute Gasteiger partial charge is 0.379 e. The number of hydrogen-bond donors (Lipinski definition) is 1. The summed E-state index contributed by atoms with van der Waals surface area (Å²) < 4.78 is 7.26. The highest BCUT2D eigenvalue weighted by Gasteiger charge is 2.23. The first kappa shape index (κ1) is 14.9. The monoisotopic (exact) mass is 323 g/mol. The molecule has 1 fully saturated rings. The summed E-state index contributed by atoms with van der Waals surface area (Å²) in [4.78, 5) is 13.4. The van der Waals surface area contributed by atoms with E-state index >= 15 is 0 Å². The molecule has 1 aliphatic carbocycles. The van der Waals surface area contributed by atoms with E-state index in [-0.39, 0.29) is 5.24 Å². The molecule has 1 amide bonds. The third-order valence-electron chi connectivity index (χ3n) is 3.68. The molecule has 1 aromatic heterocycles. The Balaban J connectivity index is 1.68. The Kier molecular flexibility index (Phi) is 4.80. The maximum absolute atomic E-state index is 12.1. The third kappa shape index (κ3) is 3.40. The number of nitrogens with one attached hydrogen (secondary N) is 1. The maximum atomic E-state index is 12.1. The van der Waals surface area contributed by atoms with Crippen LogP contribution in [0.4, 0.5) is 9.80 Å². The van der Waals surface area contributed by atoms with E-state index in [0.717, 1.165) is 42.9 Å². The molecule has 21 heavy (non-hydrogen) atoms. The lowest BCUT2D eigenvalue weighted by Gasteiger charge is -2.24. The number of hydrogen-bond acceptors (Lipinski definition) is 6. The number of carbonyl (C=O) groups is 1. The topological polar surface area (TPSA) is 65.4 Å². The predicted molar refractivity (Wildman–Crippen MR) is 84.7 cm³/mol. The number of rotatable bonds is 2. The Morgan fingerprint density at radius 1 is 1.33 bits per heavy atom. The smallest absolute Gasteiger partial charge is 0.299 e. The van der Waals surface area contributed by atoms with Crippen LogP contribution in [0.1, 0.15) is 28.8 Å². The van der Waals surface area contributed by atoms with Gasteiger partial charge in [0.05, 0.1) is 18.8 Å². The number of ether oxygens (including phenoxy) is 1. The summed E-state index contributed by atoms with van der Waals surface area (Å²) in [6.45, 7) is 2.84. The van der Waals surface area contributed by atoms with Crippen molar-refractivity contribution in [2.45, 2.75) is 25.7 Å². The molecule has 2 heterocycles. The maximum Gasteiger partial charge on any atom is 0.299 e. The quantitative estimate of drug-likeness (QED) is 0.848. The van der Waals surface area contributed by atoms with Crippen molar-refractivity contribution in [1.82, 2.24) is 4.31 Å². The van der Waals surface area contributed by atoms with Crippen molar-refractivity contribution >= 4 is 33.5 Å². The van der Waals surface area contributed by atoms with Gasteiger partial charge in [-0.1, -0.05) is 0 Å². The Labute approximate surface area is 132 Å². The molecule has 0 aromatic carbocycles. The standard InChI is InChI=1S/C14H17N3O2S2/c15-9-11-10-3-1-2-4-12(10)20-13(11)16-14(18)21-17-5-7-19-8-6-17/h1-8H2,(H,16,18). The highest BCUT2D eigenvalue weighted by atomic mass is 32.2. The highest BCUT2D eigenvalue weighted by Crippen LogP contribution is 2.38. The number of amides is 1. The van der Waals surface area contributed by atoms with Gasteiger partial charge < -0.3 is 10.1 Å². The van der Waals surface area contributed by atoms with Gasteiger partial charge in [-0.3, -0.25) is 4.79 Å². The van der Waals surface area contributed by atoms with Gasteiger partial charge in [0.15, 0.2) is 0 Å². The molecule has 1 aromatic rings. The van der Waals surface area contributed by atoms with Crippen LogP contribution in [0, 0.1) is 11.3 Å². The van der Waals surface area contributed by atoms with Gasteiger partial charge in [-0.15, -0.1) is 11.3 Å². The van der Waals surface area contributed by atoms with Gasteiger partial charge in [0.2, 0.25) is 0 Å². The summed E-state index contributed by atoms with van der Waals surface area (Å²) in [5, 5.41) is 12.9. The Hall–Kier alpha value is -1.07. The van der Waals surface area contributed by atoms with Crippen LogP contribution >= 0.6 is 23.3 Å². The van der Waals surface area contributed by atoms with E-state index in [2.05, 4.69) is 11.4 Å². The minimum atomic E-state index is -0.119. The van der Waals surface area contributed by atoms with Gasteiger partial charge >= 0.3 is 0 Å². The van der Waals surface area contributed by atoms with E-state index < -0.39 is 0 Å². The summed E-state index contributed by atoms with van der Waals surface area (Å²) in [6, 6.07) is 2.27. The van der Waals surface area contributed by atoms with Crippen LogP contribution in [0.2, 0.25) is 0 Å². The van der Waals surface area contributed by atoms with E-state index in [4.69, 9.17) is 4.74 Å². The van der Waals surface area contributed by atoms with Crippen LogP contribution in [0.5, 0.6) is 0 Å². The van der Waals surface area contributed by atoms with E-state index in [1.165, 1.54) is 23.2 Å². The first-order valence-electron chi connectivity index (χ1n) is 7.14. The Bertz CT molecular complexity index is 574. The molecule has 3 rings (SSSR count). The van der Waals surface area contributed by atoms with Crippen LogP contribution in [0.25, 0.3) is 0 Å². The molecule has 2 aliphatic rings. The summed E-state index contributed by atoms with van der Waals surface area (Å²) >= 11 is 2.75. The van der Waals surface area contributed by atoms with Crippen molar-refractivity contribution in [3.63, 3.8) is 0 Å². The molecule has 0 unspecified atom stereocenters. The van der Waals surface area contributed by atoms with Gasteiger partial charge in [0.1, 0.15) is 11.1 Å². The Morgan fingerprint density at radius 3 is 2.86 bits per heavy atom. The summed E-state index contributed by atoms with van der Waals surface area (Å²) in [6.07, 6.45) is 4.30. The molecule has 0 spiro atoms. The number of anilines is 1. The molecular weight excluding hydrogens is 306 g/mol. The van der Waals surface area contributed by atoms with Crippen LogP contribution in [0.3, 0.4) is 0 Å². The number of morpholine rings is 1. The second-order valence-electron chi connectivity index (χ2n) is 5.07. The van der Waals surface area contributed by atoms with Crippen LogP contribution in [-0.4, -0.2) is 35.8 Å². The normalized spacial score (nSPS) is 18.8. The van der Waals surface area contributed by atoms with Crippen LogP contribution < -0.4 is 5.32 Å². The minimum Gasteiger partial charge on any atom is -0.379 e. The predicted octanol–water partition coefficient (Wildman–Crippen LogP) is 3.01. The van der Waals surface area contributed by atoms with Crippen LogP contribution in [0.15, 0.2) is 0 Å². The molecule has 112 valence electrons. The van der Waals surface area contributed by atoms with Crippen molar-refractivity contribution < 1.29 is 9.53 Å². The molecule has 0 saturated carbocycles. The number of nitrogens with zero attached hydrogens (tertiary/aromatic N) is 2. The van der Waals surface area contributed by atoms with Crippen molar-refractivity contribution in [2.75, 3.05) is 31.6 Å². The number of carbonyl (C=O) groups excluding carboxylic acids is 1. The molecule has 0 radical (unpaired) electrons. The van der Waals surface area contributed by atoms with Gasteiger partial charge in [-0.25, -0.2) is 4.31 Å². The average Bonchev–Trinajstić information content (AvgIpc) is 2.85. The van der Waals surface area contributed by atoms with Gasteiger partial charge in [0, 0.05) is 29.9 Å². The average molecular weight is 323 g/mol. The number of fused-ring (bicyclic) bond motifs is 1. The second-order valence-corrected chi connectivity index (χ2v) is 7.25. The number of thiophene rings is 1. The van der Waals surface area contributed by atoms with Gasteiger partial charge in [-0.2, -0.15) is 5.26 Å². The van der Waals surface area contributed by atoms with E-state index in [1.54, 1.807) is 11.3 Å². The number of nitriles is 1. The zero-order valence-electron chi connectivity index (χ0n) is 11.7. The fraction of sp³-hybridized carbons (Fsp3) is 0.571. The van der Waals surface area contributed by atoms with Crippen molar-refractivity contribution in [3.8, 4) is 6.07 Å². The molecule has 7 heteroatoms. The highest BCUT2D eigenvalue weighted by molar-refractivity contribution is 8.11. The van der Waals surface area contributed by atoms with Gasteiger partial charge in [0.25, 0.3) is 5.24 Å². The molecule has 1 saturated heterocycles. The lowest BCUT2D eigenvalue weighted by Crippen LogP contribution is -2.32. The molecule has 1 N–H and O–H groups in total. The summed E-state index contributed by atoms with van der Waals surface area (Å²) in [5.74, 6) is 0. The van der Waals surface area contributed by atoms with Crippen molar-refractivity contribution in [1.29, 1.82) is 5.26 Å². The number of aryl methyl sites for hydroxylation is 1. The molecule has 1 aliphatic heterocycles. The first-order chi connectivity index (χ1) is 10.3.